The number of aliphatic hydroxyl groups excluding tert-OH is 1. The molecule has 0 saturated heterocycles. The number of Topliss-reactive ketones (excluding diaryl/α,β-unsaturated/α-hetero) is 1. The van der Waals surface area contributed by atoms with Gasteiger partial charge in [-0.1, -0.05) is 30.3 Å². The molecule has 1 atom stereocenters. The fourth-order valence-corrected chi connectivity index (χ4v) is 3.58. The van der Waals surface area contributed by atoms with Gasteiger partial charge in [-0.2, -0.15) is 0 Å². The Morgan fingerprint density at radius 1 is 1.04 bits per heavy atom. The van der Waals surface area contributed by atoms with Crippen LogP contribution in [0.25, 0.3) is 10.9 Å². The van der Waals surface area contributed by atoms with Crippen molar-refractivity contribution < 1.29 is 9.90 Å². The van der Waals surface area contributed by atoms with Gasteiger partial charge in [0, 0.05) is 40.5 Å². The molecule has 0 saturated carbocycles. The van der Waals surface area contributed by atoms with Crippen LogP contribution >= 0.6 is 0 Å². The molecule has 1 unspecified atom stereocenters. The summed E-state index contributed by atoms with van der Waals surface area (Å²) >= 11 is 0. The molecule has 0 spiro atoms. The van der Waals surface area contributed by atoms with Gasteiger partial charge in [-0.25, -0.2) is 0 Å². The first-order chi connectivity index (χ1) is 11.3. The number of anilines is 1. The minimum atomic E-state index is -0.813. The second-order valence-corrected chi connectivity index (χ2v) is 5.98. The van der Waals surface area contributed by atoms with Crippen molar-refractivity contribution in [2.75, 3.05) is 11.9 Å². The van der Waals surface area contributed by atoms with Crippen LogP contribution in [0, 0.1) is 0 Å². The maximum absolute atomic E-state index is 13.2. The second kappa shape index (κ2) is 5.25. The van der Waals surface area contributed by atoms with Gasteiger partial charge in [0.15, 0.2) is 5.78 Å². The Labute approximate surface area is 134 Å². The van der Waals surface area contributed by atoms with E-state index in [1.807, 2.05) is 54.7 Å². The first-order valence-electron chi connectivity index (χ1n) is 7.86. The number of carbonyl (C=O) groups excluding carboxylic acids is 1. The van der Waals surface area contributed by atoms with Crippen molar-refractivity contribution >= 4 is 22.4 Å². The van der Waals surface area contributed by atoms with E-state index in [2.05, 4.69) is 10.3 Å². The molecule has 0 radical (unpaired) electrons. The zero-order valence-corrected chi connectivity index (χ0v) is 12.7. The summed E-state index contributed by atoms with van der Waals surface area (Å²) in [5.74, 6) is 0.0753. The fraction of sp³-hybridized carbons (Fsp3) is 0.211. The Morgan fingerprint density at radius 2 is 1.83 bits per heavy atom. The molecule has 4 heteroatoms. The van der Waals surface area contributed by atoms with Crippen LogP contribution in [0.4, 0.5) is 5.69 Å². The number of H-pyrrole nitrogens is 1. The maximum atomic E-state index is 13.2. The number of hydrogen-bond acceptors (Lipinski definition) is 3. The minimum absolute atomic E-state index is 0.0649. The van der Waals surface area contributed by atoms with Gasteiger partial charge in [0.25, 0.3) is 0 Å². The van der Waals surface area contributed by atoms with Crippen LogP contribution in [0.3, 0.4) is 0 Å². The average molecular weight is 306 g/mol. The van der Waals surface area contributed by atoms with Crippen LogP contribution in [-0.4, -0.2) is 22.5 Å². The summed E-state index contributed by atoms with van der Waals surface area (Å²) in [6.07, 6.45) is 3.03. The Hall–Kier alpha value is -2.59. The third kappa shape index (κ3) is 1.99. The Kier molecular flexibility index (Phi) is 3.20. The number of nitrogens with one attached hydrogen (secondary N) is 2. The molecule has 3 N–H and O–H groups in total. The van der Waals surface area contributed by atoms with Gasteiger partial charge in [0.2, 0.25) is 0 Å². The summed E-state index contributed by atoms with van der Waals surface area (Å²) in [7, 11) is 0. The summed E-state index contributed by atoms with van der Waals surface area (Å²) in [5, 5.41) is 13.8. The molecule has 0 aliphatic carbocycles. The van der Waals surface area contributed by atoms with Gasteiger partial charge in [-0.05, 0) is 31.0 Å². The van der Waals surface area contributed by atoms with Crippen molar-refractivity contribution in [3.63, 3.8) is 0 Å². The van der Waals surface area contributed by atoms with E-state index in [1.54, 1.807) is 0 Å². The number of rotatable bonds is 4. The van der Waals surface area contributed by atoms with E-state index in [0.29, 0.717) is 12.8 Å². The number of aliphatic hydroxyl groups is 1. The Bertz CT molecular complexity index is 884. The van der Waals surface area contributed by atoms with Crippen molar-refractivity contribution in [2.24, 2.45) is 0 Å². The highest BCUT2D eigenvalue weighted by Crippen LogP contribution is 2.44. The van der Waals surface area contributed by atoms with Crippen molar-refractivity contribution in [3.8, 4) is 0 Å². The summed E-state index contributed by atoms with van der Waals surface area (Å²) in [4.78, 5) is 16.5. The molecule has 0 fully saturated rings. The van der Waals surface area contributed by atoms with E-state index >= 15 is 0 Å². The molecule has 4 rings (SSSR count). The molecule has 2 aromatic carbocycles. The van der Waals surface area contributed by atoms with Crippen LogP contribution in [0.1, 0.15) is 28.8 Å². The highest BCUT2D eigenvalue weighted by molar-refractivity contribution is 6.15. The predicted molar refractivity (Wildman–Crippen MR) is 90.7 cm³/mol. The number of fused-ring (bicyclic) bond motifs is 2. The first-order valence-corrected chi connectivity index (χ1v) is 7.86. The molecule has 4 nitrogen and oxygen atoms in total. The number of aromatic amines is 1. The van der Waals surface area contributed by atoms with E-state index in [1.165, 1.54) is 0 Å². The molecule has 0 bridgehead atoms. The van der Waals surface area contributed by atoms with Gasteiger partial charge in [-0.15, -0.1) is 0 Å². The summed E-state index contributed by atoms with van der Waals surface area (Å²) in [5.41, 5.74) is 2.72. The number of ketones is 1. The second-order valence-electron chi connectivity index (χ2n) is 5.98. The number of aromatic nitrogens is 1. The third-order valence-electron chi connectivity index (χ3n) is 4.67. The molecule has 2 heterocycles. The summed E-state index contributed by atoms with van der Waals surface area (Å²) in [6.45, 7) is 0.0649. The summed E-state index contributed by atoms with van der Waals surface area (Å²) in [6, 6.07) is 15.6. The fourth-order valence-electron chi connectivity index (χ4n) is 3.58. The van der Waals surface area contributed by atoms with E-state index in [4.69, 9.17) is 0 Å². The van der Waals surface area contributed by atoms with Crippen LogP contribution in [0.2, 0.25) is 0 Å². The molecule has 0 amide bonds. The Balaban J connectivity index is 1.91. The normalized spacial score (nSPS) is 19.8. The molecule has 3 aromatic rings. The van der Waals surface area contributed by atoms with Crippen LogP contribution in [0.15, 0.2) is 54.7 Å². The number of hydrogen-bond donors (Lipinski definition) is 3. The number of carbonyl (C=O) groups is 1. The third-order valence-corrected chi connectivity index (χ3v) is 4.67. The van der Waals surface area contributed by atoms with Gasteiger partial charge < -0.3 is 15.4 Å². The van der Waals surface area contributed by atoms with Crippen molar-refractivity contribution in [1.82, 2.24) is 4.98 Å². The standard InChI is InChI=1S/C19H18N2O2/c22-11-5-10-19(15-12-20-16-8-3-1-6-13(15)16)18(23)14-7-2-4-9-17(14)21-19/h1-4,6-9,12,20-22H,5,10-11H2. The van der Waals surface area contributed by atoms with Gasteiger partial charge >= 0.3 is 0 Å². The molecule has 23 heavy (non-hydrogen) atoms. The zero-order chi connectivity index (χ0) is 15.9. The van der Waals surface area contributed by atoms with Crippen molar-refractivity contribution in [3.05, 3.63) is 65.9 Å². The molecule has 1 aliphatic heterocycles. The average Bonchev–Trinajstić information content (AvgIpc) is 3.14. The monoisotopic (exact) mass is 306 g/mol. The number of para-hydroxylation sites is 2. The minimum Gasteiger partial charge on any atom is -0.396 e. The lowest BCUT2D eigenvalue weighted by molar-refractivity contribution is 0.0905. The smallest absolute Gasteiger partial charge is 0.194 e. The quantitative estimate of drug-likeness (QED) is 0.692. The molecular formula is C19H18N2O2. The maximum Gasteiger partial charge on any atom is 0.194 e. The van der Waals surface area contributed by atoms with E-state index in [0.717, 1.165) is 27.7 Å². The zero-order valence-electron chi connectivity index (χ0n) is 12.7. The topological polar surface area (TPSA) is 65.1 Å². The molecule has 1 aromatic heterocycles. The van der Waals surface area contributed by atoms with Crippen molar-refractivity contribution in [2.45, 2.75) is 18.4 Å². The number of benzene rings is 2. The van der Waals surface area contributed by atoms with Crippen LogP contribution in [0.5, 0.6) is 0 Å². The van der Waals surface area contributed by atoms with Crippen LogP contribution < -0.4 is 5.32 Å². The van der Waals surface area contributed by atoms with Crippen molar-refractivity contribution in [1.29, 1.82) is 0 Å². The van der Waals surface area contributed by atoms with E-state index in [9.17, 15) is 9.90 Å². The highest BCUT2D eigenvalue weighted by atomic mass is 16.3. The van der Waals surface area contributed by atoms with E-state index in [-0.39, 0.29) is 12.4 Å². The van der Waals surface area contributed by atoms with Gasteiger partial charge in [-0.3, -0.25) is 4.79 Å². The van der Waals surface area contributed by atoms with E-state index < -0.39 is 5.54 Å². The predicted octanol–water partition coefficient (Wildman–Crippen LogP) is 3.44. The Morgan fingerprint density at radius 3 is 2.65 bits per heavy atom. The first kappa shape index (κ1) is 14.0. The molecule has 1 aliphatic rings. The van der Waals surface area contributed by atoms with Gasteiger partial charge in [0.05, 0.1) is 0 Å². The lowest BCUT2D eigenvalue weighted by Gasteiger charge is -2.28. The SMILES string of the molecule is O=C1c2ccccc2NC1(CCCO)c1c[nH]c2ccccc12. The lowest BCUT2D eigenvalue weighted by Crippen LogP contribution is -2.38. The van der Waals surface area contributed by atoms with Crippen LogP contribution in [-0.2, 0) is 5.54 Å². The van der Waals surface area contributed by atoms with Gasteiger partial charge in [0.1, 0.15) is 5.54 Å². The molecule has 116 valence electrons. The summed E-state index contributed by atoms with van der Waals surface area (Å²) < 4.78 is 0. The lowest BCUT2D eigenvalue weighted by atomic mass is 9.82. The largest absolute Gasteiger partial charge is 0.396 e. The molecular weight excluding hydrogens is 288 g/mol. The highest BCUT2D eigenvalue weighted by Gasteiger charge is 2.47.